The fraction of sp³-hybridized carbons (Fsp3) is 0.261. The standard InChI is InChI=1S/C23H23N5O3/c1-27-10-12-28(13-11-27)22-9-7-19(25-26-22)16-2-5-18(6-3-16)24-23(29)17-4-8-20-21(14-17)31-15-30-20/h2-9,14H,10-13,15H2,1H3,(H,24,29). The molecule has 1 aromatic heterocycles. The first-order chi connectivity index (χ1) is 15.2. The number of nitrogens with one attached hydrogen (secondary N) is 1. The molecule has 0 atom stereocenters. The van der Waals surface area contributed by atoms with Crippen LogP contribution >= 0.6 is 0 Å². The van der Waals surface area contributed by atoms with Gasteiger partial charge >= 0.3 is 0 Å². The van der Waals surface area contributed by atoms with E-state index in [9.17, 15) is 4.79 Å². The van der Waals surface area contributed by atoms with Gasteiger partial charge in [-0.25, -0.2) is 0 Å². The normalized spacial score (nSPS) is 15.7. The Labute approximate surface area is 180 Å². The minimum atomic E-state index is -0.206. The molecule has 2 aliphatic rings. The Bertz CT molecular complexity index is 1080. The van der Waals surface area contributed by atoms with E-state index in [0.717, 1.165) is 43.3 Å². The van der Waals surface area contributed by atoms with Crippen LogP contribution in [0.1, 0.15) is 10.4 Å². The minimum absolute atomic E-state index is 0.182. The fourth-order valence-corrected chi connectivity index (χ4v) is 3.65. The summed E-state index contributed by atoms with van der Waals surface area (Å²) >= 11 is 0. The highest BCUT2D eigenvalue weighted by molar-refractivity contribution is 6.04. The summed E-state index contributed by atoms with van der Waals surface area (Å²) in [5, 5.41) is 11.7. The number of likely N-dealkylation sites (N-methyl/N-ethyl adjacent to an activating group) is 1. The molecule has 158 valence electrons. The topological polar surface area (TPSA) is 79.8 Å². The second-order valence-corrected chi connectivity index (χ2v) is 7.67. The molecular formula is C23H23N5O3. The number of benzene rings is 2. The van der Waals surface area contributed by atoms with Gasteiger partial charge in [0.25, 0.3) is 5.91 Å². The largest absolute Gasteiger partial charge is 0.454 e. The maximum absolute atomic E-state index is 12.5. The predicted octanol–water partition coefficient (Wildman–Crippen LogP) is 2.88. The van der Waals surface area contributed by atoms with Crippen molar-refractivity contribution in [3.63, 3.8) is 0 Å². The van der Waals surface area contributed by atoms with E-state index in [1.165, 1.54) is 0 Å². The highest BCUT2D eigenvalue weighted by atomic mass is 16.7. The Morgan fingerprint density at radius 2 is 1.68 bits per heavy atom. The second kappa shape index (κ2) is 8.23. The number of fused-ring (bicyclic) bond motifs is 1. The van der Waals surface area contributed by atoms with Crippen LogP contribution < -0.4 is 19.7 Å². The van der Waals surface area contributed by atoms with Crippen molar-refractivity contribution < 1.29 is 14.3 Å². The van der Waals surface area contributed by atoms with Gasteiger partial charge in [0.1, 0.15) is 0 Å². The third-order valence-corrected chi connectivity index (χ3v) is 5.55. The van der Waals surface area contributed by atoms with E-state index in [2.05, 4.69) is 32.4 Å². The van der Waals surface area contributed by atoms with Crippen molar-refractivity contribution >= 4 is 17.4 Å². The summed E-state index contributed by atoms with van der Waals surface area (Å²) in [5.41, 5.74) is 2.96. The van der Waals surface area contributed by atoms with Crippen molar-refractivity contribution in [1.82, 2.24) is 15.1 Å². The maximum atomic E-state index is 12.5. The average Bonchev–Trinajstić information content (AvgIpc) is 3.28. The first-order valence-corrected chi connectivity index (χ1v) is 10.2. The molecule has 0 saturated carbocycles. The van der Waals surface area contributed by atoms with E-state index in [-0.39, 0.29) is 12.7 Å². The number of rotatable bonds is 4. The van der Waals surface area contributed by atoms with Gasteiger partial charge in [-0.15, -0.1) is 10.2 Å². The van der Waals surface area contributed by atoms with Gasteiger partial charge in [-0.2, -0.15) is 0 Å². The van der Waals surface area contributed by atoms with Gasteiger partial charge < -0.3 is 24.6 Å². The number of anilines is 2. The number of hydrogen-bond donors (Lipinski definition) is 1. The summed E-state index contributed by atoms with van der Waals surface area (Å²) in [7, 11) is 2.13. The average molecular weight is 417 g/mol. The summed E-state index contributed by atoms with van der Waals surface area (Å²) in [6, 6.07) is 16.7. The van der Waals surface area contributed by atoms with E-state index < -0.39 is 0 Å². The summed E-state index contributed by atoms with van der Waals surface area (Å²) in [6.45, 7) is 4.16. The highest BCUT2D eigenvalue weighted by Crippen LogP contribution is 2.32. The lowest BCUT2D eigenvalue weighted by atomic mass is 10.1. The van der Waals surface area contributed by atoms with Crippen LogP contribution in [0.5, 0.6) is 11.5 Å². The zero-order valence-corrected chi connectivity index (χ0v) is 17.2. The molecule has 5 rings (SSSR count). The Morgan fingerprint density at radius 1 is 0.903 bits per heavy atom. The van der Waals surface area contributed by atoms with Crippen LogP contribution in [0, 0.1) is 0 Å². The van der Waals surface area contributed by atoms with E-state index in [0.29, 0.717) is 22.7 Å². The van der Waals surface area contributed by atoms with Crippen molar-refractivity contribution in [3.8, 4) is 22.8 Å². The first-order valence-electron chi connectivity index (χ1n) is 10.2. The summed E-state index contributed by atoms with van der Waals surface area (Å²) in [4.78, 5) is 17.1. The molecule has 1 fully saturated rings. The minimum Gasteiger partial charge on any atom is -0.454 e. The zero-order chi connectivity index (χ0) is 21.2. The van der Waals surface area contributed by atoms with E-state index in [1.807, 2.05) is 36.4 Å². The van der Waals surface area contributed by atoms with Crippen LogP contribution in [0.15, 0.2) is 54.6 Å². The Balaban J connectivity index is 1.24. The van der Waals surface area contributed by atoms with E-state index in [4.69, 9.17) is 9.47 Å². The fourth-order valence-electron chi connectivity index (χ4n) is 3.65. The molecule has 0 aliphatic carbocycles. The smallest absolute Gasteiger partial charge is 0.255 e. The van der Waals surface area contributed by atoms with Gasteiger partial charge in [0.15, 0.2) is 17.3 Å². The third-order valence-electron chi connectivity index (χ3n) is 5.55. The van der Waals surface area contributed by atoms with Gasteiger partial charge in [0.05, 0.1) is 5.69 Å². The third kappa shape index (κ3) is 4.15. The van der Waals surface area contributed by atoms with Crippen molar-refractivity contribution in [3.05, 3.63) is 60.2 Å². The molecule has 8 nitrogen and oxygen atoms in total. The summed E-state index contributed by atoms with van der Waals surface area (Å²) in [6.07, 6.45) is 0. The SMILES string of the molecule is CN1CCN(c2ccc(-c3ccc(NC(=O)c4ccc5c(c4)OCO5)cc3)nn2)CC1. The number of carbonyl (C=O) groups is 1. The molecule has 2 aliphatic heterocycles. The van der Waals surface area contributed by atoms with Gasteiger partial charge in [-0.3, -0.25) is 4.79 Å². The van der Waals surface area contributed by atoms with Crippen LogP contribution in [-0.4, -0.2) is 61.0 Å². The predicted molar refractivity (Wildman–Crippen MR) is 118 cm³/mol. The number of amides is 1. The Hall–Kier alpha value is -3.65. The van der Waals surface area contributed by atoms with Gasteiger partial charge in [-0.05, 0) is 49.5 Å². The quantitative estimate of drug-likeness (QED) is 0.699. The Morgan fingerprint density at radius 3 is 2.42 bits per heavy atom. The van der Waals surface area contributed by atoms with Gasteiger partial charge in [-0.1, -0.05) is 12.1 Å². The number of piperazine rings is 1. The van der Waals surface area contributed by atoms with Crippen molar-refractivity contribution in [2.45, 2.75) is 0 Å². The van der Waals surface area contributed by atoms with Crippen LogP contribution in [0.2, 0.25) is 0 Å². The molecular weight excluding hydrogens is 394 g/mol. The highest BCUT2D eigenvalue weighted by Gasteiger charge is 2.17. The lowest BCUT2D eigenvalue weighted by Gasteiger charge is -2.32. The lowest BCUT2D eigenvalue weighted by molar-refractivity contribution is 0.102. The number of nitrogens with zero attached hydrogens (tertiary/aromatic N) is 4. The number of aromatic nitrogens is 2. The van der Waals surface area contributed by atoms with E-state index >= 15 is 0 Å². The van der Waals surface area contributed by atoms with Gasteiger partial charge in [0, 0.05) is 43.0 Å². The molecule has 0 unspecified atom stereocenters. The van der Waals surface area contributed by atoms with Crippen molar-refractivity contribution in [2.24, 2.45) is 0 Å². The van der Waals surface area contributed by atoms with Crippen LogP contribution in [-0.2, 0) is 0 Å². The summed E-state index contributed by atoms with van der Waals surface area (Å²) < 4.78 is 10.6. The van der Waals surface area contributed by atoms with Crippen LogP contribution in [0.25, 0.3) is 11.3 Å². The molecule has 1 saturated heterocycles. The molecule has 0 bridgehead atoms. The number of carbonyl (C=O) groups excluding carboxylic acids is 1. The summed E-state index contributed by atoms with van der Waals surface area (Å²) in [5.74, 6) is 1.94. The first kappa shape index (κ1) is 19.3. The number of ether oxygens (including phenoxy) is 2. The molecule has 31 heavy (non-hydrogen) atoms. The van der Waals surface area contributed by atoms with Gasteiger partial charge in [0.2, 0.25) is 6.79 Å². The van der Waals surface area contributed by atoms with Crippen molar-refractivity contribution in [2.75, 3.05) is 50.2 Å². The number of hydrogen-bond acceptors (Lipinski definition) is 7. The Kier molecular flexibility index (Phi) is 5.13. The molecule has 0 spiro atoms. The van der Waals surface area contributed by atoms with Crippen LogP contribution in [0.3, 0.4) is 0 Å². The maximum Gasteiger partial charge on any atom is 0.255 e. The zero-order valence-electron chi connectivity index (χ0n) is 17.2. The lowest BCUT2D eigenvalue weighted by Crippen LogP contribution is -2.44. The van der Waals surface area contributed by atoms with Crippen molar-refractivity contribution in [1.29, 1.82) is 0 Å². The molecule has 0 radical (unpaired) electrons. The molecule has 1 N–H and O–H groups in total. The molecule has 2 aromatic carbocycles. The van der Waals surface area contributed by atoms with E-state index in [1.54, 1.807) is 18.2 Å². The monoisotopic (exact) mass is 417 g/mol. The van der Waals surface area contributed by atoms with Crippen LogP contribution in [0.4, 0.5) is 11.5 Å². The molecule has 1 amide bonds. The molecule has 8 heteroatoms. The molecule has 3 heterocycles. The molecule has 3 aromatic rings. The second-order valence-electron chi connectivity index (χ2n) is 7.67.